The Bertz CT molecular complexity index is 1120. The van der Waals surface area contributed by atoms with E-state index in [1.54, 1.807) is 0 Å². The molecule has 0 saturated heterocycles. The lowest BCUT2D eigenvalue weighted by atomic mass is 10.1. The topological polar surface area (TPSA) is 108 Å². The van der Waals surface area contributed by atoms with Crippen molar-refractivity contribution in [2.24, 2.45) is 0 Å². The smallest absolute Gasteiger partial charge is 0.462 e. The number of likely N-dealkylation sites (N-methyl/N-ethyl adjacent to an activating group) is 1. The first-order valence-corrected chi connectivity index (χ1v) is 23.0. The fourth-order valence-electron chi connectivity index (χ4n) is 5.42. The van der Waals surface area contributed by atoms with Gasteiger partial charge in [-0.3, -0.25) is 18.6 Å². The molecule has 0 amide bonds. The van der Waals surface area contributed by atoms with Gasteiger partial charge in [-0.25, -0.2) is 4.57 Å². The third kappa shape index (κ3) is 41.2. The van der Waals surface area contributed by atoms with E-state index in [-0.39, 0.29) is 32.0 Å². The molecule has 318 valence electrons. The summed E-state index contributed by atoms with van der Waals surface area (Å²) < 4.78 is 34.2. The van der Waals surface area contributed by atoms with Crippen LogP contribution in [0.25, 0.3) is 0 Å². The average Bonchev–Trinajstić information content (AvgIpc) is 3.13. The first kappa shape index (κ1) is 52.7. The molecule has 0 aromatic carbocycles. The number of esters is 2. The molecule has 0 saturated carbocycles. The molecule has 0 aromatic rings. The van der Waals surface area contributed by atoms with Crippen molar-refractivity contribution < 1.29 is 42.1 Å². The van der Waals surface area contributed by atoms with Crippen LogP contribution in [0.1, 0.15) is 162 Å². The van der Waals surface area contributed by atoms with Gasteiger partial charge in [0.25, 0.3) is 0 Å². The number of phosphoric ester groups is 1. The minimum absolute atomic E-state index is 0.0261. The molecule has 0 bridgehead atoms. The molecule has 0 rings (SSSR count). The normalized spacial score (nSPS) is 14.2. The molecule has 9 nitrogen and oxygen atoms in total. The van der Waals surface area contributed by atoms with Gasteiger partial charge in [-0.1, -0.05) is 139 Å². The number of phosphoric acid groups is 1. The molecule has 55 heavy (non-hydrogen) atoms. The molecule has 10 heteroatoms. The van der Waals surface area contributed by atoms with E-state index in [0.29, 0.717) is 17.4 Å². The summed E-state index contributed by atoms with van der Waals surface area (Å²) in [5.41, 5.74) is 0. The van der Waals surface area contributed by atoms with Crippen molar-refractivity contribution in [3.05, 3.63) is 60.8 Å². The summed E-state index contributed by atoms with van der Waals surface area (Å²) >= 11 is 0. The van der Waals surface area contributed by atoms with Gasteiger partial charge in [0, 0.05) is 12.8 Å². The first-order valence-electron chi connectivity index (χ1n) is 21.5. The van der Waals surface area contributed by atoms with E-state index < -0.39 is 26.5 Å². The average molecular weight is 795 g/mol. The highest BCUT2D eigenvalue weighted by Crippen LogP contribution is 2.43. The van der Waals surface area contributed by atoms with Gasteiger partial charge in [-0.05, 0) is 70.6 Å². The van der Waals surface area contributed by atoms with Crippen molar-refractivity contribution in [3.63, 3.8) is 0 Å². The van der Waals surface area contributed by atoms with Gasteiger partial charge in [0.15, 0.2) is 6.10 Å². The lowest BCUT2D eigenvalue weighted by Crippen LogP contribution is -2.37. The molecular weight excluding hydrogens is 713 g/mol. The maximum Gasteiger partial charge on any atom is 0.472 e. The molecule has 0 spiro atoms. The second-order valence-electron chi connectivity index (χ2n) is 15.3. The Balaban J connectivity index is 4.33. The highest BCUT2D eigenvalue weighted by molar-refractivity contribution is 7.47. The number of carbonyl (C=O) groups excluding carboxylic acids is 2. The third-order valence-corrected chi connectivity index (χ3v) is 9.75. The van der Waals surface area contributed by atoms with Gasteiger partial charge in [-0.15, -0.1) is 0 Å². The number of unbranched alkanes of at least 4 members (excludes halogenated alkanes) is 14. The van der Waals surface area contributed by atoms with Gasteiger partial charge in [-0.2, -0.15) is 0 Å². The van der Waals surface area contributed by atoms with Crippen LogP contribution in [0.4, 0.5) is 0 Å². The standard InChI is InChI=1S/C45H80NO8P/c1-6-8-10-12-14-16-18-19-20-21-22-23-24-25-26-27-28-30-32-34-36-38-45(48)54-43(42-53-55(49,50)52-40-39-46(3,4)5)41-51-44(47)37-35-33-31-29-17-15-13-11-9-7-2/h8,10-11,13-14,16,19-20,22-23,43H,6-7,9,12,15,17-18,21,24-42H2,1-5H3/p+1/b10-8-,13-11-,16-14-,20-19-,23-22-. The van der Waals surface area contributed by atoms with Crippen molar-refractivity contribution in [1.82, 2.24) is 0 Å². The Labute approximate surface area is 336 Å². The van der Waals surface area contributed by atoms with Crippen LogP contribution in [-0.4, -0.2) is 74.9 Å². The SMILES string of the molecule is CC/C=C\C/C=C\C/C=C\C/C=C\CCCCCCCCCCC(=O)OC(COC(=O)CCCCCCC/C=C\CCC)COP(=O)(O)OCC[N+](C)(C)C. The Morgan fingerprint density at radius 3 is 1.56 bits per heavy atom. The number of nitrogens with zero attached hydrogens (tertiary/aromatic N) is 1. The molecule has 2 unspecified atom stereocenters. The second-order valence-corrected chi connectivity index (χ2v) is 16.8. The van der Waals surface area contributed by atoms with Gasteiger partial charge >= 0.3 is 19.8 Å². The van der Waals surface area contributed by atoms with Crippen LogP contribution in [0.3, 0.4) is 0 Å². The van der Waals surface area contributed by atoms with E-state index in [1.807, 2.05) is 21.1 Å². The predicted molar refractivity (Wildman–Crippen MR) is 229 cm³/mol. The molecule has 0 aliphatic carbocycles. The van der Waals surface area contributed by atoms with Crippen LogP contribution in [0.5, 0.6) is 0 Å². The van der Waals surface area contributed by atoms with Crippen LogP contribution < -0.4 is 0 Å². The van der Waals surface area contributed by atoms with Gasteiger partial charge in [0.05, 0.1) is 27.7 Å². The highest BCUT2D eigenvalue weighted by atomic mass is 31.2. The van der Waals surface area contributed by atoms with Crippen LogP contribution >= 0.6 is 7.82 Å². The Kier molecular flexibility index (Phi) is 35.7. The van der Waals surface area contributed by atoms with E-state index >= 15 is 0 Å². The Hall–Kier alpha value is -2.29. The summed E-state index contributed by atoms with van der Waals surface area (Å²) in [6.07, 6.45) is 44.2. The zero-order chi connectivity index (χ0) is 40.7. The quantitative estimate of drug-likeness (QED) is 0.0216. The van der Waals surface area contributed by atoms with Crippen molar-refractivity contribution >= 4 is 19.8 Å². The monoisotopic (exact) mass is 795 g/mol. The van der Waals surface area contributed by atoms with Crippen LogP contribution in [-0.2, 0) is 32.7 Å². The van der Waals surface area contributed by atoms with Gasteiger partial charge in [0.2, 0.25) is 0 Å². The van der Waals surface area contributed by atoms with Crippen molar-refractivity contribution in [2.75, 3.05) is 47.5 Å². The summed E-state index contributed by atoms with van der Waals surface area (Å²) in [6, 6.07) is 0. The summed E-state index contributed by atoms with van der Waals surface area (Å²) in [4.78, 5) is 35.3. The van der Waals surface area contributed by atoms with E-state index in [0.717, 1.165) is 96.3 Å². The molecular formula is C45H81NO8P+. The number of allylic oxidation sites excluding steroid dienone is 10. The zero-order valence-electron chi connectivity index (χ0n) is 35.6. The molecule has 0 aliphatic heterocycles. The number of quaternary nitrogens is 1. The molecule has 0 heterocycles. The molecule has 2 atom stereocenters. The van der Waals surface area contributed by atoms with Crippen LogP contribution in [0.2, 0.25) is 0 Å². The lowest BCUT2D eigenvalue weighted by molar-refractivity contribution is -0.870. The maximum absolute atomic E-state index is 12.7. The summed E-state index contributed by atoms with van der Waals surface area (Å²) in [5.74, 6) is -0.826. The largest absolute Gasteiger partial charge is 0.472 e. The van der Waals surface area contributed by atoms with E-state index in [2.05, 4.69) is 74.6 Å². The van der Waals surface area contributed by atoms with Gasteiger partial charge < -0.3 is 18.9 Å². The predicted octanol–water partition coefficient (Wildman–Crippen LogP) is 12.1. The zero-order valence-corrected chi connectivity index (χ0v) is 36.5. The van der Waals surface area contributed by atoms with E-state index in [9.17, 15) is 19.0 Å². The van der Waals surface area contributed by atoms with E-state index in [1.165, 1.54) is 32.1 Å². The molecule has 0 aliphatic rings. The number of ether oxygens (including phenoxy) is 2. The van der Waals surface area contributed by atoms with Crippen molar-refractivity contribution in [3.8, 4) is 0 Å². The lowest BCUT2D eigenvalue weighted by Gasteiger charge is -2.24. The Morgan fingerprint density at radius 1 is 0.582 bits per heavy atom. The molecule has 0 aromatic heterocycles. The molecule has 0 fully saturated rings. The number of carbonyl (C=O) groups is 2. The van der Waals surface area contributed by atoms with Gasteiger partial charge in [0.1, 0.15) is 19.8 Å². The fourth-order valence-corrected chi connectivity index (χ4v) is 6.16. The number of rotatable bonds is 38. The molecule has 1 N–H and O–H groups in total. The fraction of sp³-hybridized carbons (Fsp3) is 0.733. The minimum Gasteiger partial charge on any atom is -0.462 e. The summed E-state index contributed by atoms with van der Waals surface area (Å²) in [5, 5.41) is 0. The van der Waals surface area contributed by atoms with Crippen LogP contribution in [0.15, 0.2) is 60.8 Å². The highest BCUT2D eigenvalue weighted by Gasteiger charge is 2.27. The summed E-state index contributed by atoms with van der Waals surface area (Å²) in [7, 11) is 1.46. The van der Waals surface area contributed by atoms with Crippen molar-refractivity contribution in [2.45, 2.75) is 168 Å². The first-order chi connectivity index (χ1) is 26.5. The van der Waals surface area contributed by atoms with E-state index in [4.69, 9.17) is 18.5 Å². The van der Waals surface area contributed by atoms with Crippen molar-refractivity contribution in [1.29, 1.82) is 0 Å². The number of hydrogen-bond donors (Lipinski definition) is 1. The third-order valence-electron chi connectivity index (χ3n) is 8.76. The summed E-state index contributed by atoms with van der Waals surface area (Å²) in [6.45, 7) is 4.21. The minimum atomic E-state index is -4.38. The van der Waals surface area contributed by atoms with Crippen LogP contribution in [0, 0.1) is 0 Å². The Morgan fingerprint density at radius 2 is 1.04 bits per heavy atom. The molecule has 0 radical (unpaired) electrons. The maximum atomic E-state index is 12.7. The number of hydrogen-bond acceptors (Lipinski definition) is 7. The second kappa shape index (κ2) is 37.3.